The Morgan fingerprint density at radius 2 is 1.84 bits per heavy atom. The molecule has 1 aliphatic rings. The molecule has 0 aromatic heterocycles. The summed E-state index contributed by atoms with van der Waals surface area (Å²) in [5, 5.41) is 3.04. The summed E-state index contributed by atoms with van der Waals surface area (Å²) in [6.07, 6.45) is -3.27. The summed E-state index contributed by atoms with van der Waals surface area (Å²) in [6.45, 7) is 0.122. The minimum Gasteiger partial charge on any atom is -0.406 e. The first kappa shape index (κ1) is 23.4. The van der Waals surface area contributed by atoms with E-state index in [1.54, 1.807) is 0 Å². The lowest BCUT2D eigenvalue weighted by molar-refractivity contribution is -0.274. The van der Waals surface area contributed by atoms with Gasteiger partial charge in [-0.25, -0.2) is 8.42 Å². The predicted molar refractivity (Wildman–Crippen MR) is 108 cm³/mol. The second kappa shape index (κ2) is 9.46. The molecular formula is C20H20ClF3N2O4S. The largest absolute Gasteiger partial charge is 0.573 e. The van der Waals surface area contributed by atoms with E-state index in [9.17, 15) is 26.4 Å². The molecule has 1 amide bonds. The number of sulfonamides is 1. The number of halogens is 4. The van der Waals surface area contributed by atoms with Gasteiger partial charge in [-0.3, -0.25) is 4.79 Å². The molecule has 1 atom stereocenters. The lowest BCUT2D eigenvalue weighted by Gasteiger charge is -2.29. The number of carbonyl (C=O) groups excluding carboxylic acids is 1. The van der Waals surface area contributed by atoms with Crippen molar-refractivity contribution in [3.05, 3.63) is 59.1 Å². The maximum Gasteiger partial charge on any atom is 0.573 e. The average Bonchev–Trinajstić information content (AvgIpc) is 2.89. The van der Waals surface area contributed by atoms with Gasteiger partial charge in [0.05, 0.1) is 4.90 Å². The van der Waals surface area contributed by atoms with E-state index in [-0.39, 0.29) is 23.4 Å². The minimum atomic E-state index is -4.88. The molecule has 1 unspecified atom stereocenters. The Morgan fingerprint density at radius 1 is 1.13 bits per heavy atom. The highest BCUT2D eigenvalue weighted by molar-refractivity contribution is 7.89. The van der Waals surface area contributed by atoms with Crippen LogP contribution in [0, 0.1) is 0 Å². The van der Waals surface area contributed by atoms with Gasteiger partial charge >= 0.3 is 6.36 Å². The number of benzene rings is 2. The summed E-state index contributed by atoms with van der Waals surface area (Å²) in [7, 11) is -4.16. The normalized spacial score (nSPS) is 17.8. The molecule has 2 aromatic rings. The molecule has 1 N–H and O–H groups in total. The molecule has 2 aromatic carbocycles. The fraction of sp³-hybridized carbons (Fsp3) is 0.350. The van der Waals surface area contributed by atoms with Crippen LogP contribution in [0.15, 0.2) is 53.4 Å². The van der Waals surface area contributed by atoms with Crippen LogP contribution in [0.1, 0.15) is 24.8 Å². The fourth-order valence-corrected chi connectivity index (χ4v) is 5.06. The summed E-state index contributed by atoms with van der Waals surface area (Å²) >= 11 is 5.86. The Balaban J connectivity index is 1.99. The SMILES string of the molecule is O=C1NCCCCC1N(Cc1cccc(OC(F)(F)F)c1)S(=O)(=O)c1ccc(Cl)cc1. The maximum atomic E-state index is 13.4. The van der Waals surface area contributed by atoms with Crippen molar-refractivity contribution in [1.82, 2.24) is 9.62 Å². The zero-order chi connectivity index (χ0) is 22.6. The Kier molecular flexibility index (Phi) is 7.13. The molecule has 3 rings (SSSR count). The molecule has 1 saturated heterocycles. The maximum absolute atomic E-state index is 13.4. The van der Waals surface area contributed by atoms with Crippen molar-refractivity contribution < 1.29 is 31.1 Å². The van der Waals surface area contributed by atoms with Crippen LogP contribution >= 0.6 is 11.6 Å². The van der Waals surface area contributed by atoms with Crippen LogP contribution in [0.25, 0.3) is 0 Å². The fourth-order valence-electron chi connectivity index (χ4n) is 3.32. The van der Waals surface area contributed by atoms with Gasteiger partial charge in [-0.2, -0.15) is 4.31 Å². The van der Waals surface area contributed by atoms with Crippen LogP contribution in [-0.4, -0.2) is 37.6 Å². The highest BCUT2D eigenvalue weighted by Crippen LogP contribution is 2.28. The van der Waals surface area contributed by atoms with Crippen molar-refractivity contribution in [3.8, 4) is 5.75 Å². The molecule has 0 aliphatic carbocycles. The molecule has 1 fully saturated rings. The number of nitrogens with zero attached hydrogens (tertiary/aromatic N) is 1. The lowest BCUT2D eigenvalue weighted by Crippen LogP contribution is -2.48. The Morgan fingerprint density at radius 3 is 2.52 bits per heavy atom. The molecule has 1 aliphatic heterocycles. The monoisotopic (exact) mass is 476 g/mol. The number of nitrogens with one attached hydrogen (secondary N) is 1. The summed E-state index contributed by atoms with van der Waals surface area (Å²) in [6, 6.07) is 9.49. The smallest absolute Gasteiger partial charge is 0.406 e. The molecule has 11 heteroatoms. The van der Waals surface area contributed by atoms with E-state index < -0.39 is 34.1 Å². The Hall–Kier alpha value is -2.30. The molecule has 0 spiro atoms. The predicted octanol–water partition coefficient (Wildman–Crippen LogP) is 4.10. The van der Waals surface area contributed by atoms with Gasteiger partial charge in [-0.05, 0) is 61.2 Å². The van der Waals surface area contributed by atoms with Crippen LogP contribution in [-0.2, 0) is 21.4 Å². The summed E-state index contributed by atoms with van der Waals surface area (Å²) in [4.78, 5) is 12.5. The van der Waals surface area contributed by atoms with Crippen molar-refractivity contribution in [2.75, 3.05) is 6.54 Å². The molecule has 1 heterocycles. The summed E-state index contributed by atoms with van der Waals surface area (Å²) in [5.74, 6) is -0.920. The second-order valence-electron chi connectivity index (χ2n) is 7.00. The van der Waals surface area contributed by atoms with E-state index in [2.05, 4.69) is 10.1 Å². The van der Waals surface area contributed by atoms with Crippen molar-refractivity contribution in [1.29, 1.82) is 0 Å². The number of carbonyl (C=O) groups is 1. The van der Waals surface area contributed by atoms with E-state index in [0.29, 0.717) is 24.4 Å². The summed E-state index contributed by atoms with van der Waals surface area (Å²) in [5.41, 5.74) is 0.247. The van der Waals surface area contributed by atoms with Gasteiger partial charge in [0.15, 0.2) is 0 Å². The molecule has 31 heavy (non-hydrogen) atoms. The van der Waals surface area contributed by atoms with Gasteiger partial charge in [0.25, 0.3) is 0 Å². The van der Waals surface area contributed by atoms with Gasteiger partial charge in [0.1, 0.15) is 11.8 Å². The zero-order valence-corrected chi connectivity index (χ0v) is 17.8. The van der Waals surface area contributed by atoms with E-state index in [0.717, 1.165) is 16.4 Å². The first-order chi connectivity index (χ1) is 14.6. The van der Waals surface area contributed by atoms with Crippen LogP contribution in [0.2, 0.25) is 5.02 Å². The number of hydrogen-bond donors (Lipinski definition) is 1. The van der Waals surface area contributed by atoms with Crippen LogP contribution in [0.5, 0.6) is 5.75 Å². The lowest BCUT2D eigenvalue weighted by atomic mass is 10.1. The second-order valence-corrected chi connectivity index (χ2v) is 9.33. The van der Waals surface area contributed by atoms with Crippen LogP contribution in [0.3, 0.4) is 0 Å². The van der Waals surface area contributed by atoms with Crippen LogP contribution in [0.4, 0.5) is 13.2 Å². The van der Waals surface area contributed by atoms with Crippen molar-refractivity contribution in [2.45, 2.75) is 43.1 Å². The highest BCUT2D eigenvalue weighted by atomic mass is 35.5. The van der Waals surface area contributed by atoms with E-state index in [1.165, 1.54) is 36.4 Å². The van der Waals surface area contributed by atoms with E-state index in [4.69, 9.17) is 11.6 Å². The van der Waals surface area contributed by atoms with Crippen LogP contribution < -0.4 is 10.1 Å². The number of alkyl halides is 3. The molecule has 0 radical (unpaired) electrons. The standard InChI is InChI=1S/C20H20ClF3N2O4S/c21-15-7-9-17(10-8-15)31(28,29)26(18-6-1-2-11-25-19(18)27)13-14-4-3-5-16(12-14)30-20(22,23)24/h3-5,7-10,12,18H,1-2,6,11,13H2,(H,25,27). The van der Waals surface area contributed by atoms with Crippen molar-refractivity contribution in [3.63, 3.8) is 0 Å². The minimum absolute atomic E-state index is 0.0726. The first-order valence-electron chi connectivity index (χ1n) is 9.46. The number of rotatable bonds is 6. The number of hydrogen-bond acceptors (Lipinski definition) is 4. The average molecular weight is 477 g/mol. The molecule has 0 saturated carbocycles. The van der Waals surface area contributed by atoms with Crippen molar-refractivity contribution >= 4 is 27.5 Å². The van der Waals surface area contributed by atoms with Gasteiger partial charge in [-0.15, -0.1) is 13.2 Å². The Bertz CT molecular complexity index is 1030. The highest BCUT2D eigenvalue weighted by Gasteiger charge is 2.37. The molecular weight excluding hydrogens is 457 g/mol. The third-order valence-electron chi connectivity index (χ3n) is 4.74. The number of ether oxygens (including phenoxy) is 1. The van der Waals surface area contributed by atoms with Gasteiger partial charge in [0, 0.05) is 18.1 Å². The van der Waals surface area contributed by atoms with E-state index in [1.807, 2.05) is 0 Å². The first-order valence-corrected chi connectivity index (χ1v) is 11.3. The molecule has 0 bridgehead atoms. The Labute approximate surface area is 183 Å². The topological polar surface area (TPSA) is 75.7 Å². The van der Waals surface area contributed by atoms with Gasteiger partial charge in [-0.1, -0.05) is 23.7 Å². The van der Waals surface area contributed by atoms with Gasteiger partial charge in [0.2, 0.25) is 15.9 Å². The molecule has 168 valence electrons. The third kappa shape index (κ3) is 6.11. The summed E-state index contributed by atoms with van der Waals surface area (Å²) < 4.78 is 69.5. The molecule has 6 nitrogen and oxygen atoms in total. The van der Waals surface area contributed by atoms with E-state index >= 15 is 0 Å². The third-order valence-corrected chi connectivity index (χ3v) is 6.87. The number of amides is 1. The van der Waals surface area contributed by atoms with Crippen molar-refractivity contribution in [2.24, 2.45) is 0 Å². The van der Waals surface area contributed by atoms with Gasteiger partial charge < -0.3 is 10.1 Å². The zero-order valence-electron chi connectivity index (χ0n) is 16.2. The quantitative estimate of drug-likeness (QED) is 0.681.